The highest BCUT2D eigenvalue weighted by Crippen LogP contribution is 2.12. The average molecular weight is 343 g/mol. The molecule has 0 fully saturated rings. The summed E-state index contributed by atoms with van der Waals surface area (Å²) in [5.41, 5.74) is 3.32. The van der Waals surface area contributed by atoms with Crippen LogP contribution in [0.4, 0.5) is 5.69 Å². The van der Waals surface area contributed by atoms with Crippen LogP contribution in [0.3, 0.4) is 0 Å². The summed E-state index contributed by atoms with van der Waals surface area (Å²) >= 11 is 3.38. The van der Waals surface area contributed by atoms with E-state index in [4.69, 9.17) is 0 Å². The Kier molecular flexibility index (Phi) is 4.31. The molecule has 0 radical (unpaired) electrons. The molecule has 1 N–H and O–H groups in total. The maximum absolute atomic E-state index is 4.40. The molecule has 106 valence electrons. The lowest BCUT2D eigenvalue weighted by molar-refractivity contribution is 0.687. The van der Waals surface area contributed by atoms with Crippen LogP contribution in [0.15, 0.2) is 65.5 Å². The summed E-state index contributed by atoms with van der Waals surface area (Å²) in [7, 11) is 0. The molecule has 4 nitrogen and oxygen atoms in total. The van der Waals surface area contributed by atoms with Crippen molar-refractivity contribution in [1.29, 1.82) is 0 Å². The molecule has 3 rings (SSSR count). The van der Waals surface area contributed by atoms with Crippen molar-refractivity contribution in [3.63, 3.8) is 0 Å². The standard InChI is InChI=1S/C16H15BrN4/c17-16-4-1-3-15(20-16)11-18-14-7-5-13(6-8-14)12-21-10-2-9-19-21/h1-10,18H,11-12H2. The maximum atomic E-state index is 4.40. The van der Waals surface area contributed by atoms with Crippen molar-refractivity contribution in [3.05, 3.63) is 76.8 Å². The molecule has 0 saturated carbocycles. The number of aromatic nitrogens is 3. The number of halogens is 1. The summed E-state index contributed by atoms with van der Waals surface area (Å²) < 4.78 is 2.77. The van der Waals surface area contributed by atoms with Gasteiger partial charge in [0, 0.05) is 18.1 Å². The summed E-state index contributed by atoms with van der Waals surface area (Å²) in [6.07, 6.45) is 3.76. The van der Waals surface area contributed by atoms with E-state index in [1.54, 1.807) is 6.20 Å². The van der Waals surface area contributed by atoms with Gasteiger partial charge in [0.1, 0.15) is 4.60 Å². The van der Waals surface area contributed by atoms with Gasteiger partial charge in [0.25, 0.3) is 0 Å². The van der Waals surface area contributed by atoms with Gasteiger partial charge in [-0.3, -0.25) is 4.68 Å². The van der Waals surface area contributed by atoms with Gasteiger partial charge >= 0.3 is 0 Å². The van der Waals surface area contributed by atoms with E-state index >= 15 is 0 Å². The summed E-state index contributed by atoms with van der Waals surface area (Å²) in [6, 6.07) is 16.2. The molecule has 0 spiro atoms. The van der Waals surface area contributed by atoms with Gasteiger partial charge < -0.3 is 5.32 Å². The molecule has 0 amide bonds. The third kappa shape index (κ3) is 3.92. The third-order valence-corrected chi connectivity index (χ3v) is 3.55. The van der Waals surface area contributed by atoms with E-state index in [1.165, 1.54) is 5.56 Å². The Morgan fingerprint density at radius 1 is 1.05 bits per heavy atom. The van der Waals surface area contributed by atoms with Crippen LogP contribution < -0.4 is 5.32 Å². The van der Waals surface area contributed by atoms with Crippen LogP contribution in [-0.4, -0.2) is 14.8 Å². The second-order valence-corrected chi connectivity index (χ2v) is 5.52. The van der Waals surface area contributed by atoms with E-state index in [0.29, 0.717) is 6.54 Å². The number of nitrogens with zero attached hydrogens (tertiary/aromatic N) is 3. The first-order chi connectivity index (χ1) is 10.3. The Morgan fingerprint density at radius 2 is 1.90 bits per heavy atom. The Labute approximate surface area is 132 Å². The molecule has 2 heterocycles. The van der Waals surface area contributed by atoms with Crippen molar-refractivity contribution in [3.8, 4) is 0 Å². The zero-order valence-corrected chi connectivity index (χ0v) is 13.0. The Bertz CT molecular complexity index is 693. The molecule has 0 bridgehead atoms. The van der Waals surface area contributed by atoms with Gasteiger partial charge in [0.15, 0.2) is 0 Å². The van der Waals surface area contributed by atoms with E-state index in [0.717, 1.165) is 22.5 Å². The molecule has 2 aromatic heterocycles. The number of nitrogens with one attached hydrogen (secondary N) is 1. The molecular formula is C16H15BrN4. The molecule has 3 aromatic rings. The van der Waals surface area contributed by atoms with Crippen molar-refractivity contribution >= 4 is 21.6 Å². The van der Waals surface area contributed by atoms with Crippen molar-refractivity contribution in [1.82, 2.24) is 14.8 Å². The zero-order valence-electron chi connectivity index (χ0n) is 11.4. The van der Waals surface area contributed by atoms with Crippen LogP contribution in [0.1, 0.15) is 11.3 Å². The highest BCUT2D eigenvalue weighted by molar-refractivity contribution is 9.10. The lowest BCUT2D eigenvalue weighted by Crippen LogP contribution is -2.03. The predicted molar refractivity (Wildman–Crippen MR) is 87.0 cm³/mol. The first kappa shape index (κ1) is 13.8. The maximum Gasteiger partial charge on any atom is 0.106 e. The summed E-state index contributed by atoms with van der Waals surface area (Å²) in [4.78, 5) is 4.40. The van der Waals surface area contributed by atoms with Crippen molar-refractivity contribution < 1.29 is 0 Å². The van der Waals surface area contributed by atoms with Crippen LogP contribution in [-0.2, 0) is 13.1 Å². The normalized spacial score (nSPS) is 10.5. The highest BCUT2D eigenvalue weighted by Gasteiger charge is 1.98. The fraction of sp³-hybridized carbons (Fsp3) is 0.125. The fourth-order valence-corrected chi connectivity index (χ4v) is 2.43. The molecule has 0 unspecified atom stereocenters. The van der Waals surface area contributed by atoms with E-state index < -0.39 is 0 Å². The number of rotatable bonds is 5. The third-order valence-electron chi connectivity index (χ3n) is 3.10. The molecule has 0 atom stereocenters. The molecule has 0 aliphatic rings. The minimum atomic E-state index is 0.706. The first-order valence-corrected chi connectivity index (χ1v) is 7.50. The van der Waals surface area contributed by atoms with Gasteiger partial charge in [-0.15, -0.1) is 0 Å². The van der Waals surface area contributed by atoms with Crippen molar-refractivity contribution in [2.24, 2.45) is 0 Å². The smallest absolute Gasteiger partial charge is 0.106 e. The molecule has 21 heavy (non-hydrogen) atoms. The number of hydrogen-bond donors (Lipinski definition) is 1. The van der Waals surface area contributed by atoms with Crippen LogP contribution in [0.2, 0.25) is 0 Å². The SMILES string of the molecule is Brc1cccc(CNc2ccc(Cn3cccn3)cc2)n1. The molecule has 0 aliphatic carbocycles. The minimum absolute atomic E-state index is 0.706. The summed E-state index contributed by atoms with van der Waals surface area (Å²) in [6.45, 7) is 1.50. The van der Waals surface area contributed by atoms with E-state index in [2.05, 4.69) is 55.6 Å². The monoisotopic (exact) mass is 342 g/mol. The van der Waals surface area contributed by atoms with Crippen LogP contribution >= 0.6 is 15.9 Å². The second-order valence-electron chi connectivity index (χ2n) is 4.71. The first-order valence-electron chi connectivity index (χ1n) is 6.71. The molecule has 0 saturated heterocycles. The van der Waals surface area contributed by atoms with Gasteiger partial charge in [-0.1, -0.05) is 18.2 Å². The molecule has 1 aromatic carbocycles. The Hall–Kier alpha value is -2.14. The number of anilines is 1. The fourth-order valence-electron chi connectivity index (χ4n) is 2.05. The molecular weight excluding hydrogens is 328 g/mol. The predicted octanol–water partition coefficient (Wildman–Crippen LogP) is 3.70. The average Bonchev–Trinajstić information content (AvgIpc) is 3.00. The Balaban J connectivity index is 1.59. The lowest BCUT2D eigenvalue weighted by Gasteiger charge is -2.08. The number of benzene rings is 1. The largest absolute Gasteiger partial charge is 0.379 e. The zero-order chi connectivity index (χ0) is 14.5. The molecule has 0 aliphatic heterocycles. The van der Waals surface area contributed by atoms with Crippen molar-refractivity contribution in [2.45, 2.75) is 13.1 Å². The van der Waals surface area contributed by atoms with Crippen LogP contribution in [0.25, 0.3) is 0 Å². The van der Waals surface area contributed by atoms with Gasteiger partial charge in [-0.2, -0.15) is 5.10 Å². The van der Waals surface area contributed by atoms with Gasteiger partial charge in [0.2, 0.25) is 0 Å². The lowest BCUT2D eigenvalue weighted by atomic mass is 10.2. The van der Waals surface area contributed by atoms with Gasteiger partial charge in [-0.25, -0.2) is 4.98 Å². The topological polar surface area (TPSA) is 42.7 Å². The molecule has 5 heteroatoms. The quantitative estimate of drug-likeness (QED) is 0.719. The van der Waals surface area contributed by atoms with Crippen LogP contribution in [0.5, 0.6) is 0 Å². The van der Waals surface area contributed by atoms with E-state index in [1.807, 2.05) is 35.1 Å². The van der Waals surface area contributed by atoms with Crippen molar-refractivity contribution in [2.75, 3.05) is 5.32 Å². The van der Waals surface area contributed by atoms with Gasteiger partial charge in [-0.05, 0) is 51.8 Å². The second kappa shape index (κ2) is 6.54. The van der Waals surface area contributed by atoms with E-state index in [-0.39, 0.29) is 0 Å². The minimum Gasteiger partial charge on any atom is -0.379 e. The summed E-state index contributed by atoms with van der Waals surface area (Å²) in [5, 5.41) is 7.57. The summed E-state index contributed by atoms with van der Waals surface area (Å²) in [5.74, 6) is 0. The number of hydrogen-bond acceptors (Lipinski definition) is 3. The highest BCUT2D eigenvalue weighted by atomic mass is 79.9. The van der Waals surface area contributed by atoms with Gasteiger partial charge in [0.05, 0.1) is 18.8 Å². The van der Waals surface area contributed by atoms with E-state index in [9.17, 15) is 0 Å². The Morgan fingerprint density at radius 3 is 2.62 bits per heavy atom. The number of pyridine rings is 1. The van der Waals surface area contributed by atoms with Crippen LogP contribution in [0, 0.1) is 0 Å².